The summed E-state index contributed by atoms with van der Waals surface area (Å²) >= 11 is 7.50. The topological polar surface area (TPSA) is 75.7 Å². The molecule has 2 aliphatic rings. The molecule has 2 atom stereocenters. The quantitative estimate of drug-likeness (QED) is 0.810. The molecule has 8 heteroatoms. The Kier molecular flexibility index (Phi) is 4.97. The van der Waals surface area contributed by atoms with Crippen LogP contribution in [0.15, 0.2) is 18.2 Å². The highest BCUT2D eigenvalue weighted by molar-refractivity contribution is 8.01. The van der Waals surface area contributed by atoms with Gasteiger partial charge in [-0.25, -0.2) is 4.79 Å². The van der Waals surface area contributed by atoms with Crippen molar-refractivity contribution in [2.75, 3.05) is 17.7 Å². The van der Waals surface area contributed by atoms with E-state index >= 15 is 0 Å². The molecule has 2 fully saturated rings. The van der Waals surface area contributed by atoms with Gasteiger partial charge in [0.15, 0.2) is 6.61 Å². The molecular formula is C17H19ClN2O4S. The number of benzene rings is 1. The zero-order valence-electron chi connectivity index (χ0n) is 14.0. The van der Waals surface area contributed by atoms with Crippen LogP contribution in [0.5, 0.6) is 0 Å². The lowest BCUT2D eigenvalue weighted by Crippen LogP contribution is -2.47. The Labute approximate surface area is 155 Å². The van der Waals surface area contributed by atoms with E-state index in [-0.39, 0.29) is 10.8 Å². The SMILES string of the molecule is Cc1ccc(Cl)cc1NC(=O)COC(=O)[C@@H]1CS[C@@]2(C)CCC(=O)N12. The normalized spacial score (nSPS) is 25.0. The van der Waals surface area contributed by atoms with E-state index in [0.29, 0.717) is 22.9 Å². The number of rotatable bonds is 4. The molecule has 134 valence electrons. The van der Waals surface area contributed by atoms with Gasteiger partial charge in [0.05, 0.1) is 4.87 Å². The van der Waals surface area contributed by atoms with Crippen molar-refractivity contribution >= 4 is 46.8 Å². The van der Waals surface area contributed by atoms with Gasteiger partial charge in [0.25, 0.3) is 5.91 Å². The number of nitrogens with zero attached hydrogens (tertiary/aromatic N) is 1. The molecule has 2 saturated heterocycles. The molecule has 0 radical (unpaired) electrons. The number of thioether (sulfide) groups is 1. The summed E-state index contributed by atoms with van der Waals surface area (Å²) in [5, 5.41) is 3.18. The molecule has 0 bridgehead atoms. The molecule has 2 heterocycles. The third-order valence-corrected chi connectivity index (χ3v) is 6.28. The first-order valence-electron chi connectivity index (χ1n) is 7.99. The van der Waals surface area contributed by atoms with Gasteiger partial charge in [-0.2, -0.15) is 0 Å². The van der Waals surface area contributed by atoms with Gasteiger partial charge in [-0.15, -0.1) is 11.8 Å². The molecule has 0 unspecified atom stereocenters. The maximum atomic E-state index is 12.3. The van der Waals surface area contributed by atoms with Crippen molar-refractivity contribution in [3.05, 3.63) is 28.8 Å². The molecule has 2 amide bonds. The number of hydrogen-bond acceptors (Lipinski definition) is 5. The van der Waals surface area contributed by atoms with Gasteiger partial charge < -0.3 is 15.0 Å². The van der Waals surface area contributed by atoms with Crippen molar-refractivity contribution in [2.24, 2.45) is 0 Å². The standard InChI is InChI=1S/C17H19ClN2O4S/c1-10-3-4-11(18)7-12(10)19-14(21)8-24-16(23)13-9-25-17(2)6-5-15(22)20(13)17/h3-4,7,13H,5-6,8-9H2,1-2H3,(H,19,21)/t13-,17-/m0/s1. The maximum Gasteiger partial charge on any atom is 0.330 e. The molecule has 0 spiro atoms. The van der Waals surface area contributed by atoms with E-state index in [2.05, 4.69) is 5.32 Å². The molecule has 0 aliphatic carbocycles. The zero-order chi connectivity index (χ0) is 18.2. The van der Waals surface area contributed by atoms with Crippen LogP contribution in [-0.4, -0.2) is 46.0 Å². The number of fused-ring (bicyclic) bond motifs is 1. The van der Waals surface area contributed by atoms with E-state index in [1.165, 1.54) is 0 Å². The fourth-order valence-electron chi connectivity index (χ4n) is 3.14. The number of ether oxygens (including phenoxy) is 1. The lowest BCUT2D eigenvalue weighted by atomic mass is 10.2. The van der Waals surface area contributed by atoms with E-state index in [9.17, 15) is 14.4 Å². The summed E-state index contributed by atoms with van der Waals surface area (Å²) < 4.78 is 5.14. The van der Waals surface area contributed by atoms with Gasteiger partial charge in [0.2, 0.25) is 5.91 Å². The van der Waals surface area contributed by atoms with Crippen LogP contribution < -0.4 is 5.32 Å². The second-order valence-electron chi connectivity index (χ2n) is 6.38. The third kappa shape index (κ3) is 3.62. The molecule has 3 rings (SSSR count). The number of halogens is 1. The number of amides is 2. The minimum atomic E-state index is -0.620. The Morgan fingerprint density at radius 1 is 1.48 bits per heavy atom. The second-order valence-corrected chi connectivity index (χ2v) is 8.32. The van der Waals surface area contributed by atoms with E-state index in [0.717, 1.165) is 12.0 Å². The van der Waals surface area contributed by atoms with Crippen molar-refractivity contribution in [2.45, 2.75) is 37.6 Å². The highest BCUT2D eigenvalue weighted by Gasteiger charge is 2.53. The fourth-order valence-corrected chi connectivity index (χ4v) is 4.73. The molecule has 6 nitrogen and oxygen atoms in total. The molecule has 25 heavy (non-hydrogen) atoms. The first kappa shape index (κ1) is 18.1. The summed E-state index contributed by atoms with van der Waals surface area (Å²) in [6.45, 7) is 3.41. The summed E-state index contributed by atoms with van der Waals surface area (Å²) in [4.78, 5) is 37.7. The van der Waals surface area contributed by atoms with Gasteiger partial charge in [0, 0.05) is 22.9 Å². The predicted molar refractivity (Wildman–Crippen MR) is 96.5 cm³/mol. The van der Waals surface area contributed by atoms with E-state index in [1.807, 2.05) is 13.8 Å². The zero-order valence-corrected chi connectivity index (χ0v) is 15.6. The van der Waals surface area contributed by atoms with Crippen LogP contribution in [-0.2, 0) is 19.1 Å². The van der Waals surface area contributed by atoms with Crippen LogP contribution in [0, 0.1) is 6.92 Å². The molecule has 0 aromatic heterocycles. The maximum absolute atomic E-state index is 12.3. The van der Waals surface area contributed by atoms with Crippen LogP contribution in [0.3, 0.4) is 0 Å². The van der Waals surface area contributed by atoms with E-state index in [1.54, 1.807) is 34.9 Å². The third-order valence-electron chi connectivity index (χ3n) is 4.54. The lowest BCUT2D eigenvalue weighted by molar-refractivity contribution is -0.155. The molecule has 1 aromatic carbocycles. The first-order chi connectivity index (χ1) is 11.8. The smallest absolute Gasteiger partial charge is 0.330 e. The number of aryl methyl sites for hydroxylation is 1. The average Bonchev–Trinajstić information content (AvgIpc) is 3.05. The van der Waals surface area contributed by atoms with Gasteiger partial charge in [-0.05, 0) is 38.0 Å². The Balaban J connectivity index is 1.56. The number of carbonyl (C=O) groups excluding carboxylic acids is 3. The minimum Gasteiger partial charge on any atom is -0.454 e. The highest BCUT2D eigenvalue weighted by Crippen LogP contribution is 2.47. The number of nitrogens with one attached hydrogen (secondary N) is 1. The van der Waals surface area contributed by atoms with Crippen molar-refractivity contribution in [1.29, 1.82) is 0 Å². The fraction of sp³-hybridized carbons (Fsp3) is 0.471. The Hall–Kier alpha value is -1.73. The summed E-state index contributed by atoms with van der Waals surface area (Å²) in [6, 6.07) is 4.54. The van der Waals surface area contributed by atoms with Gasteiger partial charge in [-0.1, -0.05) is 17.7 Å². The molecule has 2 aliphatic heterocycles. The first-order valence-corrected chi connectivity index (χ1v) is 9.35. The second kappa shape index (κ2) is 6.88. The summed E-state index contributed by atoms with van der Waals surface area (Å²) in [5.74, 6) is -0.520. The van der Waals surface area contributed by atoms with Crippen molar-refractivity contribution in [3.8, 4) is 0 Å². The van der Waals surface area contributed by atoms with Crippen molar-refractivity contribution in [1.82, 2.24) is 4.90 Å². The van der Waals surface area contributed by atoms with Gasteiger partial charge in [-0.3, -0.25) is 9.59 Å². The minimum absolute atomic E-state index is 0.0338. The van der Waals surface area contributed by atoms with Gasteiger partial charge in [0.1, 0.15) is 6.04 Å². The molecule has 1 N–H and O–H groups in total. The van der Waals surface area contributed by atoms with Crippen molar-refractivity contribution < 1.29 is 19.1 Å². The van der Waals surface area contributed by atoms with Gasteiger partial charge >= 0.3 is 5.97 Å². The monoisotopic (exact) mass is 382 g/mol. The van der Waals surface area contributed by atoms with Crippen LogP contribution >= 0.6 is 23.4 Å². The number of esters is 1. The average molecular weight is 383 g/mol. The lowest BCUT2D eigenvalue weighted by Gasteiger charge is -2.29. The number of anilines is 1. The predicted octanol–water partition coefficient (Wildman–Crippen LogP) is 2.58. The van der Waals surface area contributed by atoms with Crippen molar-refractivity contribution in [3.63, 3.8) is 0 Å². The summed E-state index contributed by atoms with van der Waals surface area (Å²) in [7, 11) is 0. The van der Waals surface area contributed by atoms with E-state index < -0.39 is 24.5 Å². The molecule has 0 saturated carbocycles. The molecular weight excluding hydrogens is 364 g/mol. The highest BCUT2D eigenvalue weighted by atomic mass is 35.5. The van der Waals surface area contributed by atoms with Crippen LogP contribution in [0.4, 0.5) is 5.69 Å². The number of carbonyl (C=O) groups is 3. The summed E-state index contributed by atoms with van der Waals surface area (Å²) in [6.07, 6.45) is 1.18. The Bertz CT molecular complexity index is 741. The van der Waals surface area contributed by atoms with E-state index in [4.69, 9.17) is 16.3 Å². The number of hydrogen-bond donors (Lipinski definition) is 1. The largest absolute Gasteiger partial charge is 0.454 e. The Morgan fingerprint density at radius 2 is 2.24 bits per heavy atom. The molecule has 1 aromatic rings. The van der Waals surface area contributed by atoms with Crippen LogP contribution in [0.2, 0.25) is 5.02 Å². The van der Waals surface area contributed by atoms with Crippen LogP contribution in [0.1, 0.15) is 25.3 Å². The van der Waals surface area contributed by atoms with Crippen LogP contribution in [0.25, 0.3) is 0 Å². The summed E-state index contributed by atoms with van der Waals surface area (Å²) in [5.41, 5.74) is 1.43. The Morgan fingerprint density at radius 3 is 3.00 bits per heavy atom.